The number of carbonyl (C=O) groups excluding carboxylic acids is 1. The summed E-state index contributed by atoms with van der Waals surface area (Å²) in [6.07, 6.45) is 5.17. The fourth-order valence-corrected chi connectivity index (χ4v) is 2.52. The van der Waals surface area contributed by atoms with Gasteiger partial charge in [0.2, 0.25) is 0 Å². The molecule has 6 heteroatoms. The van der Waals surface area contributed by atoms with Crippen LogP contribution in [0.4, 0.5) is 0 Å². The van der Waals surface area contributed by atoms with Gasteiger partial charge in [-0.15, -0.1) is 6.42 Å². The molecule has 2 heterocycles. The molecule has 0 aliphatic heterocycles. The number of nitrogens with zero attached hydrogens (tertiary/aromatic N) is 3. The monoisotopic (exact) mass is 320 g/mol. The second-order valence-electron chi connectivity index (χ2n) is 5.13. The first-order valence-corrected chi connectivity index (χ1v) is 7.34. The molecule has 0 saturated carbocycles. The second kappa shape index (κ2) is 6.42. The highest BCUT2D eigenvalue weighted by Crippen LogP contribution is 2.29. The molecule has 0 spiro atoms. The number of terminal acetylenes is 1. The van der Waals surface area contributed by atoms with Gasteiger partial charge in [-0.2, -0.15) is 5.10 Å². The van der Waals surface area contributed by atoms with Crippen molar-refractivity contribution in [2.45, 2.75) is 0 Å². The lowest BCUT2D eigenvalue weighted by molar-refractivity contribution is 0.0954. The van der Waals surface area contributed by atoms with E-state index in [1.54, 1.807) is 18.8 Å². The molecule has 3 aromatic rings. The number of fused-ring (bicyclic) bond motifs is 1. The van der Waals surface area contributed by atoms with Crippen molar-refractivity contribution in [3.63, 3.8) is 0 Å². The largest absolute Gasteiger partial charge is 0.496 e. The standard InChI is InChI=1S/C18H16N4O2/c1-4-11-19-18(23)16-13-9-10-14(20-17(13)22(2)21-16)12-7-5-6-8-15(12)24-3/h1,5-10H,11H2,2-3H3,(H,19,23). The van der Waals surface area contributed by atoms with Crippen LogP contribution in [0.2, 0.25) is 0 Å². The first-order chi connectivity index (χ1) is 11.7. The van der Waals surface area contributed by atoms with E-state index in [-0.39, 0.29) is 12.5 Å². The Labute approximate surface area is 139 Å². The second-order valence-corrected chi connectivity index (χ2v) is 5.13. The predicted octanol–water partition coefficient (Wildman–Crippen LogP) is 2.01. The molecule has 3 rings (SSSR count). The number of aromatic nitrogens is 3. The summed E-state index contributed by atoms with van der Waals surface area (Å²) in [4.78, 5) is 16.8. The third-order valence-electron chi connectivity index (χ3n) is 3.64. The summed E-state index contributed by atoms with van der Waals surface area (Å²) in [6, 6.07) is 11.3. The third-order valence-corrected chi connectivity index (χ3v) is 3.64. The van der Waals surface area contributed by atoms with Crippen molar-refractivity contribution >= 4 is 16.9 Å². The summed E-state index contributed by atoms with van der Waals surface area (Å²) in [7, 11) is 3.37. The number of pyridine rings is 1. The van der Waals surface area contributed by atoms with Crippen LogP contribution in [0.5, 0.6) is 5.75 Å². The zero-order chi connectivity index (χ0) is 17.1. The Morgan fingerprint density at radius 2 is 2.12 bits per heavy atom. The minimum atomic E-state index is -0.314. The highest BCUT2D eigenvalue weighted by Gasteiger charge is 2.17. The number of para-hydroxylation sites is 1. The maximum Gasteiger partial charge on any atom is 0.273 e. The molecule has 120 valence electrons. The number of carbonyl (C=O) groups is 1. The molecular weight excluding hydrogens is 304 g/mol. The minimum absolute atomic E-state index is 0.156. The number of benzene rings is 1. The molecule has 0 fully saturated rings. The van der Waals surface area contributed by atoms with Crippen LogP contribution in [-0.4, -0.2) is 34.3 Å². The Hall–Kier alpha value is -3.33. The molecule has 0 saturated heterocycles. The zero-order valence-electron chi connectivity index (χ0n) is 13.4. The van der Waals surface area contributed by atoms with Gasteiger partial charge in [0.05, 0.1) is 24.7 Å². The highest BCUT2D eigenvalue weighted by molar-refractivity contribution is 6.04. The molecule has 1 aromatic carbocycles. The highest BCUT2D eigenvalue weighted by atomic mass is 16.5. The maximum atomic E-state index is 12.2. The van der Waals surface area contributed by atoms with Gasteiger partial charge in [-0.1, -0.05) is 18.1 Å². The summed E-state index contributed by atoms with van der Waals surface area (Å²) in [5.74, 6) is 2.79. The molecule has 2 aromatic heterocycles. The van der Waals surface area contributed by atoms with E-state index in [9.17, 15) is 4.79 Å². The molecule has 0 bridgehead atoms. The van der Waals surface area contributed by atoms with Crippen LogP contribution < -0.4 is 10.1 Å². The number of aryl methyl sites for hydroxylation is 1. The number of methoxy groups -OCH3 is 1. The van der Waals surface area contributed by atoms with Crippen LogP contribution in [0.15, 0.2) is 36.4 Å². The van der Waals surface area contributed by atoms with Crippen molar-refractivity contribution in [2.75, 3.05) is 13.7 Å². The molecule has 1 N–H and O–H groups in total. The Bertz CT molecular complexity index is 953. The summed E-state index contributed by atoms with van der Waals surface area (Å²) < 4.78 is 6.97. The number of ether oxygens (including phenoxy) is 1. The number of hydrogen-bond acceptors (Lipinski definition) is 4. The van der Waals surface area contributed by atoms with Gasteiger partial charge in [0.15, 0.2) is 11.3 Å². The van der Waals surface area contributed by atoms with Gasteiger partial charge in [-0.25, -0.2) is 9.67 Å². The van der Waals surface area contributed by atoms with E-state index in [4.69, 9.17) is 11.2 Å². The fraction of sp³-hybridized carbons (Fsp3) is 0.167. The van der Waals surface area contributed by atoms with Gasteiger partial charge >= 0.3 is 0 Å². The van der Waals surface area contributed by atoms with Gasteiger partial charge in [0.25, 0.3) is 5.91 Å². The van der Waals surface area contributed by atoms with Crippen LogP contribution in [0.3, 0.4) is 0 Å². The summed E-state index contributed by atoms with van der Waals surface area (Å²) in [6.45, 7) is 0.156. The van der Waals surface area contributed by atoms with Gasteiger partial charge < -0.3 is 10.1 Å². The zero-order valence-corrected chi connectivity index (χ0v) is 13.4. The van der Waals surface area contributed by atoms with Crippen LogP contribution >= 0.6 is 0 Å². The summed E-state index contributed by atoms with van der Waals surface area (Å²) >= 11 is 0. The molecule has 0 atom stereocenters. The van der Waals surface area contributed by atoms with Crippen molar-refractivity contribution in [3.8, 4) is 29.4 Å². The Balaban J connectivity index is 2.09. The summed E-state index contributed by atoms with van der Waals surface area (Å²) in [5, 5.41) is 7.55. The average molecular weight is 320 g/mol. The summed E-state index contributed by atoms with van der Waals surface area (Å²) in [5.41, 5.74) is 2.55. The fourth-order valence-electron chi connectivity index (χ4n) is 2.52. The lowest BCUT2D eigenvalue weighted by atomic mass is 10.1. The number of hydrogen-bond donors (Lipinski definition) is 1. The lowest BCUT2D eigenvalue weighted by Crippen LogP contribution is -2.24. The van der Waals surface area contributed by atoms with Crippen LogP contribution in [0.1, 0.15) is 10.5 Å². The quantitative estimate of drug-likeness (QED) is 0.747. The molecule has 0 aliphatic carbocycles. The molecule has 24 heavy (non-hydrogen) atoms. The molecule has 0 radical (unpaired) electrons. The Morgan fingerprint density at radius 1 is 1.33 bits per heavy atom. The van der Waals surface area contributed by atoms with Gasteiger partial charge in [-0.05, 0) is 24.3 Å². The van der Waals surface area contributed by atoms with Crippen molar-refractivity contribution in [3.05, 3.63) is 42.1 Å². The van der Waals surface area contributed by atoms with E-state index in [2.05, 4.69) is 21.3 Å². The molecular formula is C18H16N4O2. The molecule has 0 aliphatic rings. The Kier molecular flexibility index (Phi) is 4.17. The van der Waals surface area contributed by atoms with Crippen molar-refractivity contribution < 1.29 is 9.53 Å². The van der Waals surface area contributed by atoms with Crippen molar-refractivity contribution in [1.82, 2.24) is 20.1 Å². The minimum Gasteiger partial charge on any atom is -0.496 e. The third kappa shape index (κ3) is 2.68. The molecule has 1 amide bonds. The van der Waals surface area contributed by atoms with Crippen molar-refractivity contribution in [2.24, 2.45) is 7.05 Å². The first kappa shape index (κ1) is 15.6. The first-order valence-electron chi connectivity index (χ1n) is 7.34. The van der Waals surface area contributed by atoms with E-state index >= 15 is 0 Å². The van der Waals surface area contributed by atoms with Gasteiger partial charge in [-0.3, -0.25) is 4.79 Å². The lowest BCUT2D eigenvalue weighted by Gasteiger charge is -2.07. The molecule has 0 unspecified atom stereocenters. The molecule has 6 nitrogen and oxygen atoms in total. The van der Waals surface area contributed by atoms with E-state index < -0.39 is 0 Å². The van der Waals surface area contributed by atoms with Crippen LogP contribution in [0, 0.1) is 12.3 Å². The number of rotatable bonds is 4. The Morgan fingerprint density at radius 3 is 2.88 bits per heavy atom. The van der Waals surface area contributed by atoms with E-state index in [0.29, 0.717) is 16.7 Å². The number of nitrogens with one attached hydrogen (secondary N) is 1. The number of amides is 1. The van der Waals surface area contributed by atoms with Gasteiger partial charge in [0.1, 0.15) is 5.75 Å². The van der Waals surface area contributed by atoms with Gasteiger partial charge in [0, 0.05) is 12.6 Å². The van der Waals surface area contributed by atoms with E-state index in [1.807, 2.05) is 36.4 Å². The smallest absolute Gasteiger partial charge is 0.273 e. The SMILES string of the molecule is C#CCNC(=O)c1nn(C)c2nc(-c3ccccc3OC)ccc12. The van der Waals surface area contributed by atoms with E-state index in [1.165, 1.54) is 0 Å². The van der Waals surface area contributed by atoms with E-state index in [0.717, 1.165) is 17.0 Å². The van der Waals surface area contributed by atoms with Crippen LogP contribution in [-0.2, 0) is 7.05 Å². The van der Waals surface area contributed by atoms with Crippen LogP contribution in [0.25, 0.3) is 22.3 Å². The van der Waals surface area contributed by atoms with Crippen molar-refractivity contribution in [1.29, 1.82) is 0 Å². The topological polar surface area (TPSA) is 69.0 Å². The predicted molar refractivity (Wildman–Crippen MR) is 91.7 cm³/mol. The normalized spacial score (nSPS) is 10.4. The average Bonchev–Trinajstić information content (AvgIpc) is 2.96. The maximum absolute atomic E-state index is 12.2.